The van der Waals surface area contributed by atoms with Gasteiger partial charge in [-0.3, -0.25) is 4.90 Å². The van der Waals surface area contributed by atoms with Crippen molar-refractivity contribution in [1.82, 2.24) is 4.90 Å². The number of nitrogens with zero attached hydrogens (tertiary/aromatic N) is 1. The first-order valence-electron chi connectivity index (χ1n) is 12.2. The topological polar surface area (TPSA) is 133 Å². The number of carboxylic acids is 2. The highest BCUT2D eigenvalue weighted by molar-refractivity contribution is 6.27. The molecule has 0 aromatic heterocycles. The van der Waals surface area contributed by atoms with Crippen molar-refractivity contribution in [3.63, 3.8) is 0 Å². The van der Waals surface area contributed by atoms with Crippen LogP contribution in [0.15, 0.2) is 0 Å². The van der Waals surface area contributed by atoms with Gasteiger partial charge in [0, 0.05) is 37.9 Å². The minimum absolute atomic E-state index is 0.241. The number of carboxylic acid groups (broad SMARTS) is 2. The second-order valence-electron chi connectivity index (χ2n) is 10.2. The van der Waals surface area contributed by atoms with Gasteiger partial charge >= 0.3 is 11.9 Å². The molecular weight excluding hydrogens is 450 g/mol. The van der Waals surface area contributed by atoms with Gasteiger partial charge in [0.1, 0.15) is 0 Å². The molecule has 0 aromatic rings. The fraction of sp³-hybridized carbons (Fsp3) is 0.913. The van der Waals surface area contributed by atoms with Gasteiger partial charge in [-0.05, 0) is 38.0 Å². The molecule has 8 atom stereocenters. The first kappa shape index (κ1) is 25.7. The van der Waals surface area contributed by atoms with E-state index in [9.17, 15) is 0 Å². The molecule has 5 saturated heterocycles. The van der Waals surface area contributed by atoms with Gasteiger partial charge in [-0.2, -0.15) is 0 Å². The van der Waals surface area contributed by atoms with E-state index in [-0.39, 0.29) is 12.2 Å². The largest absolute Gasteiger partial charge is 0.473 e. The molecule has 0 radical (unpaired) electrons. The number of ether oxygens (including phenoxy) is 4. The molecule has 5 aliphatic heterocycles. The van der Waals surface area contributed by atoms with Crippen molar-refractivity contribution < 1.29 is 48.5 Å². The van der Waals surface area contributed by atoms with Crippen LogP contribution in [0.4, 0.5) is 0 Å². The van der Waals surface area contributed by atoms with Crippen LogP contribution in [0.5, 0.6) is 0 Å². The smallest absolute Gasteiger partial charge is 0.414 e. The third-order valence-corrected chi connectivity index (χ3v) is 8.07. The second kappa shape index (κ2) is 10.3. The third-order valence-electron chi connectivity index (χ3n) is 8.07. The highest BCUT2D eigenvalue weighted by atomic mass is 17.3. The summed E-state index contributed by atoms with van der Waals surface area (Å²) in [6.45, 7) is 11.7. The molecule has 2 bridgehead atoms. The molecule has 11 heteroatoms. The lowest BCUT2D eigenvalue weighted by Crippen LogP contribution is -2.70. The Kier molecular flexibility index (Phi) is 7.83. The average Bonchev–Trinajstić information content (AvgIpc) is 3.04. The zero-order valence-electron chi connectivity index (χ0n) is 20.1. The first-order valence-corrected chi connectivity index (χ1v) is 12.2. The van der Waals surface area contributed by atoms with Crippen LogP contribution in [0.3, 0.4) is 0 Å². The lowest BCUT2D eigenvalue weighted by atomic mass is 9.58. The maximum atomic E-state index is 9.10. The Morgan fingerprint density at radius 3 is 2.41 bits per heavy atom. The standard InChI is InChI=1S/C21H35NO6.C2H2O4/c1-14-4-5-17-15(2)18(24-13-10-22-8-11-23-12-9-22)25-19-21(17)16(14)6-7-20(3,26-19)27-28-21;3-1(4)2(5)6/h14-19H,4-13H2,1-3H3;(H,3,4)(H,5,6)/t14-,15-,16?,17?,18+,19-,20-,21-;/m1./s1. The lowest BCUT2D eigenvalue weighted by Gasteiger charge is -2.60. The summed E-state index contributed by atoms with van der Waals surface area (Å²) in [5.41, 5.74) is -0.503. The van der Waals surface area contributed by atoms with Gasteiger partial charge in [-0.1, -0.05) is 13.8 Å². The van der Waals surface area contributed by atoms with Crippen LogP contribution < -0.4 is 0 Å². The number of carbonyl (C=O) groups is 2. The Balaban J connectivity index is 0.000000408. The van der Waals surface area contributed by atoms with Gasteiger partial charge < -0.3 is 29.2 Å². The number of rotatable bonds is 4. The molecule has 6 rings (SSSR count). The molecule has 2 N–H and O–H groups in total. The summed E-state index contributed by atoms with van der Waals surface area (Å²) >= 11 is 0. The van der Waals surface area contributed by atoms with Crippen LogP contribution >= 0.6 is 0 Å². The number of morpholine rings is 1. The van der Waals surface area contributed by atoms with E-state index in [1.54, 1.807) is 0 Å². The Hall–Kier alpha value is -1.34. The maximum absolute atomic E-state index is 9.10. The van der Waals surface area contributed by atoms with Crippen molar-refractivity contribution in [1.29, 1.82) is 0 Å². The molecule has 11 nitrogen and oxygen atoms in total. The van der Waals surface area contributed by atoms with E-state index in [0.29, 0.717) is 24.4 Å². The van der Waals surface area contributed by atoms with Crippen molar-refractivity contribution in [2.75, 3.05) is 39.5 Å². The van der Waals surface area contributed by atoms with Gasteiger partial charge in [0.25, 0.3) is 0 Å². The molecule has 6 aliphatic rings. The highest BCUT2D eigenvalue weighted by Gasteiger charge is 2.69. The molecule has 6 fully saturated rings. The van der Waals surface area contributed by atoms with Crippen molar-refractivity contribution in [3.8, 4) is 0 Å². The van der Waals surface area contributed by atoms with Crippen LogP contribution in [0.1, 0.15) is 46.5 Å². The molecule has 1 spiro atoms. The van der Waals surface area contributed by atoms with Crippen molar-refractivity contribution in [3.05, 3.63) is 0 Å². The number of fused-ring (bicyclic) bond motifs is 2. The highest BCUT2D eigenvalue weighted by Crippen LogP contribution is 2.60. The summed E-state index contributed by atoms with van der Waals surface area (Å²) in [5, 5.41) is 14.8. The lowest BCUT2D eigenvalue weighted by molar-refractivity contribution is -0.577. The molecular formula is C23H37NO10. The molecule has 0 amide bonds. The maximum Gasteiger partial charge on any atom is 0.414 e. The normalized spacial score (nSPS) is 43.7. The van der Waals surface area contributed by atoms with Gasteiger partial charge in [0.05, 0.1) is 19.8 Å². The molecule has 1 aliphatic carbocycles. The summed E-state index contributed by atoms with van der Waals surface area (Å²) in [6, 6.07) is 0. The Morgan fingerprint density at radius 1 is 1.03 bits per heavy atom. The van der Waals surface area contributed by atoms with Crippen LogP contribution in [0.2, 0.25) is 0 Å². The van der Waals surface area contributed by atoms with Crippen molar-refractivity contribution >= 4 is 11.9 Å². The molecule has 5 heterocycles. The van der Waals surface area contributed by atoms with E-state index in [0.717, 1.165) is 52.1 Å². The van der Waals surface area contributed by atoms with E-state index in [1.807, 2.05) is 6.92 Å². The summed E-state index contributed by atoms with van der Waals surface area (Å²) in [5.74, 6) is -2.83. The van der Waals surface area contributed by atoms with Crippen molar-refractivity contribution in [2.24, 2.45) is 23.7 Å². The van der Waals surface area contributed by atoms with E-state index in [1.165, 1.54) is 6.42 Å². The number of aliphatic carboxylic acids is 2. The van der Waals surface area contributed by atoms with E-state index in [4.69, 9.17) is 48.5 Å². The van der Waals surface area contributed by atoms with Crippen LogP contribution in [0, 0.1) is 23.7 Å². The molecule has 34 heavy (non-hydrogen) atoms. The zero-order chi connectivity index (χ0) is 24.5. The minimum Gasteiger partial charge on any atom is -0.473 e. The zero-order valence-corrected chi connectivity index (χ0v) is 20.1. The Labute approximate surface area is 199 Å². The van der Waals surface area contributed by atoms with Gasteiger partial charge in [-0.15, -0.1) is 0 Å². The minimum atomic E-state index is -1.82. The number of hydrogen-bond acceptors (Lipinski definition) is 9. The fourth-order valence-electron chi connectivity index (χ4n) is 6.19. The fourth-order valence-corrected chi connectivity index (χ4v) is 6.19. The average molecular weight is 488 g/mol. The Morgan fingerprint density at radius 2 is 1.74 bits per heavy atom. The predicted octanol–water partition coefficient (Wildman–Crippen LogP) is 1.70. The molecule has 0 aromatic carbocycles. The SMILES string of the molecule is C[C@@H]1CCC2[C@@H](C)[C@@H](OCCN3CCOCC3)O[C@@H]3O[C@@]4(C)CCC1[C@@]23OO4.O=C(O)C(=O)O. The van der Waals surface area contributed by atoms with Crippen LogP contribution in [-0.2, 0) is 38.3 Å². The second-order valence-corrected chi connectivity index (χ2v) is 10.2. The Bertz CT molecular complexity index is 733. The van der Waals surface area contributed by atoms with Crippen LogP contribution in [0.25, 0.3) is 0 Å². The van der Waals surface area contributed by atoms with Gasteiger partial charge in [-0.25, -0.2) is 19.4 Å². The predicted molar refractivity (Wildman–Crippen MR) is 115 cm³/mol. The van der Waals surface area contributed by atoms with Crippen molar-refractivity contribution in [2.45, 2.75) is 70.4 Å². The van der Waals surface area contributed by atoms with Gasteiger partial charge in [0.2, 0.25) is 5.79 Å². The molecule has 1 saturated carbocycles. The van der Waals surface area contributed by atoms with Gasteiger partial charge in [0.15, 0.2) is 18.2 Å². The van der Waals surface area contributed by atoms with E-state index in [2.05, 4.69) is 18.7 Å². The van der Waals surface area contributed by atoms with Crippen LogP contribution in [-0.4, -0.2) is 90.5 Å². The molecule has 194 valence electrons. The first-order chi connectivity index (χ1) is 16.2. The number of hydrogen-bond donors (Lipinski definition) is 2. The summed E-state index contributed by atoms with van der Waals surface area (Å²) < 4.78 is 24.5. The third kappa shape index (κ3) is 4.97. The summed E-state index contributed by atoms with van der Waals surface area (Å²) in [4.78, 5) is 32.6. The quantitative estimate of drug-likeness (QED) is 0.443. The molecule has 2 unspecified atom stereocenters. The van der Waals surface area contributed by atoms with E-state index < -0.39 is 29.6 Å². The van der Waals surface area contributed by atoms with E-state index >= 15 is 0 Å². The summed E-state index contributed by atoms with van der Waals surface area (Å²) in [7, 11) is 0. The monoisotopic (exact) mass is 487 g/mol. The summed E-state index contributed by atoms with van der Waals surface area (Å²) in [6.07, 6.45) is 3.54.